The maximum absolute atomic E-state index is 3.55. The van der Waals surface area contributed by atoms with Crippen molar-refractivity contribution in [1.82, 2.24) is 4.90 Å². The van der Waals surface area contributed by atoms with Gasteiger partial charge in [0.2, 0.25) is 0 Å². The molecule has 1 nitrogen and oxygen atoms in total. The molecule has 1 unspecified atom stereocenters. The van der Waals surface area contributed by atoms with Gasteiger partial charge in [-0.25, -0.2) is 0 Å². The molecule has 0 radical (unpaired) electrons. The summed E-state index contributed by atoms with van der Waals surface area (Å²) >= 11 is 0. The molecule has 1 fully saturated rings. The number of benzene rings is 2. The smallest absolute Gasteiger partial charge is 0.0974 e. The van der Waals surface area contributed by atoms with Crippen molar-refractivity contribution in [1.29, 1.82) is 0 Å². The van der Waals surface area contributed by atoms with Crippen LogP contribution in [0.3, 0.4) is 0 Å². The minimum atomic E-state index is 0.203. The molecule has 0 saturated carbocycles. The third kappa shape index (κ3) is 4.24. The molecule has 1 atom stereocenters. The van der Waals surface area contributed by atoms with E-state index in [0.717, 1.165) is 18.7 Å². The van der Waals surface area contributed by atoms with Crippen LogP contribution >= 0.6 is 0 Å². The molecule has 3 rings (SSSR count). The Kier molecular flexibility index (Phi) is 5.16. The summed E-state index contributed by atoms with van der Waals surface area (Å²) in [4.78, 5) is 2.55. The molecule has 1 aliphatic rings. The predicted molar refractivity (Wildman–Crippen MR) is 97.4 cm³/mol. The highest BCUT2D eigenvalue weighted by Gasteiger charge is 2.20. The highest BCUT2D eigenvalue weighted by atomic mass is 15.2. The van der Waals surface area contributed by atoms with Crippen LogP contribution in [0.1, 0.15) is 47.6 Å². The summed E-state index contributed by atoms with van der Waals surface area (Å²) in [7, 11) is 0. The van der Waals surface area contributed by atoms with Crippen molar-refractivity contribution in [2.24, 2.45) is 0 Å². The minimum Gasteiger partial charge on any atom is -0.286 e. The van der Waals surface area contributed by atoms with Gasteiger partial charge in [-0.2, -0.15) is 0 Å². The van der Waals surface area contributed by atoms with E-state index in [1.54, 1.807) is 0 Å². The summed E-state index contributed by atoms with van der Waals surface area (Å²) in [5.74, 6) is 6.94. The van der Waals surface area contributed by atoms with E-state index < -0.39 is 0 Å². The van der Waals surface area contributed by atoms with Gasteiger partial charge in [0.25, 0.3) is 0 Å². The quantitative estimate of drug-likeness (QED) is 0.715. The summed E-state index contributed by atoms with van der Waals surface area (Å²) in [5, 5.41) is 0. The van der Waals surface area contributed by atoms with Crippen LogP contribution < -0.4 is 0 Å². The lowest BCUT2D eigenvalue weighted by Crippen LogP contribution is -2.33. The fourth-order valence-electron chi connectivity index (χ4n) is 3.40. The molecule has 2 aromatic carbocycles. The Morgan fingerprint density at radius 1 is 0.870 bits per heavy atom. The van der Waals surface area contributed by atoms with Crippen LogP contribution in [0.15, 0.2) is 48.5 Å². The van der Waals surface area contributed by atoms with Gasteiger partial charge in [-0.1, -0.05) is 65.8 Å². The fourth-order valence-corrected chi connectivity index (χ4v) is 3.40. The Morgan fingerprint density at radius 2 is 1.52 bits per heavy atom. The van der Waals surface area contributed by atoms with Crippen molar-refractivity contribution >= 4 is 0 Å². The first-order valence-corrected chi connectivity index (χ1v) is 8.61. The highest BCUT2D eigenvalue weighted by Crippen LogP contribution is 2.26. The molecule has 1 heterocycles. The first-order chi connectivity index (χ1) is 11.2. The van der Waals surface area contributed by atoms with Crippen LogP contribution in [-0.4, -0.2) is 18.0 Å². The van der Waals surface area contributed by atoms with Crippen LogP contribution in [0.4, 0.5) is 0 Å². The lowest BCUT2D eigenvalue weighted by Gasteiger charge is -2.32. The number of aryl methyl sites for hydroxylation is 2. The minimum absolute atomic E-state index is 0.203. The molecule has 118 valence electrons. The molecular weight excluding hydrogens is 278 g/mol. The first kappa shape index (κ1) is 15.8. The normalized spacial score (nSPS) is 16.4. The van der Waals surface area contributed by atoms with Crippen molar-refractivity contribution in [2.45, 2.75) is 39.2 Å². The van der Waals surface area contributed by atoms with E-state index in [2.05, 4.69) is 73.1 Å². The molecule has 1 heteroatoms. The maximum atomic E-state index is 3.55. The number of hydrogen-bond acceptors (Lipinski definition) is 1. The zero-order valence-electron chi connectivity index (χ0n) is 14.2. The molecule has 0 N–H and O–H groups in total. The van der Waals surface area contributed by atoms with E-state index in [9.17, 15) is 0 Å². The third-order valence-corrected chi connectivity index (χ3v) is 4.44. The van der Waals surface area contributed by atoms with Crippen LogP contribution in [0.5, 0.6) is 0 Å². The van der Waals surface area contributed by atoms with Gasteiger partial charge in [0.05, 0.1) is 6.04 Å². The molecular formula is C22H25N. The lowest BCUT2D eigenvalue weighted by molar-refractivity contribution is 0.197. The Bertz CT molecular complexity index is 679. The molecule has 23 heavy (non-hydrogen) atoms. The van der Waals surface area contributed by atoms with Crippen molar-refractivity contribution in [3.05, 3.63) is 70.8 Å². The van der Waals surface area contributed by atoms with Crippen LogP contribution in [0, 0.1) is 25.7 Å². The number of likely N-dealkylation sites (tertiary alicyclic amines) is 1. The zero-order chi connectivity index (χ0) is 16.1. The largest absolute Gasteiger partial charge is 0.286 e. The summed E-state index contributed by atoms with van der Waals surface area (Å²) < 4.78 is 0. The van der Waals surface area contributed by atoms with Crippen molar-refractivity contribution < 1.29 is 0 Å². The van der Waals surface area contributed by atoms with Gasteiger partial charge in [-0.05, 0) is 57.5 Å². The zero-order valence-corrected chi connectivity index (χ0v) is 14.2. The van der Waals surface area contributed by atoms with Crippen LogP contribution in [0.25, 0.3) is 0 Å². The van der Waals surface area contributed by atoms with Gasteiger partial charge in [0.15, 0.2) is 0 Å². The molecule has 0 aliphatic carbocycles. The van der Waals surface area contributed by atoms with Gasteiger partial charge in [0, 0.05) is 5.56 Å². The second-order valence-electron chi connectivity index (χ2n) is 6.56. The second kappa shape index (κ2) is 7.49. The SMILES string of the molecule is Cc1cc(C)cc(C(C#Cc2ccccc2)N2CCCCC2)c1. The highest BCUT2D eigenvalue weighted by molar-refractivity contribution is 5.39. The van der Waals surface area contributed by atoms with Gasteiger partial charge in [0.1, 0.15) is 0 Å². The van der Waals surface area contributed by atoms with E-state index in [-0.39, 0.29) is 6.04 Å². The average Bonchev–Trinajstić information content (AvgIpc) is 2.56. The van der Waals surface area contributed by atoms with Gasteiger partial charge in [-0.15, -0.1) is 0 Å². The molecule has 2 aromatic rings. The van der Waals surface area contributed by atoms with Gasteiger partial charge in [-0.3, -0.25) is 4.90 Å². The number of rotatable bonds is 2. The van der Waals surface area contributed by atoms with E-state index in [1.165, 1.54) is 36.0 Å². The van der Waals surface area contributed by atoms with Crippen molar-refractivity contribution in [3.8, 4) is 11.8 Å². The topological polar surface area (TPSA) is 3.24 Å². The molecule has 0 aromatic heterocycles. The summed E-state index contributed by atoms with van der Waals surface area (Å²) in [6, 6.07) is 17.3. The van der Waals surface area contributed by atoms with E-state index in [0.29, 0.717) is 0 Å². The summed E-state index contributed by atoms with van der Waals surface area (Å²) in [6.45, 7) is 6.66. The Balaban J connectivity index is 1.94. The number of hydrogen-bond donors (Lipinski definition) is 0. The summed E-state index contributed by atoms with van der Waals surface area (Å²) in [5.41, 5.74) is 5.08. The van der Waals surface area contributed by atoms with Crippen LogP contribution in [0.2, 0.25) is 0 Å². The van der Waals surface area contributed by atoms with Crippen molar-refractivity contribution in [2.75, 3.05) is 13.1 Å². The Hall–Kier alpha value is -2.04. The Labute approximate surface area is 140 Å². The van der Waals surface area contributed by atoms with Gasteiger partial charge < -0.3 is 0 Å². The molecule has 1 saturated heterocycles. The molecule has 0 amide bonds. The van der Waals surface area contributed by atoms with E-state index >= 15 is 0 Å². The maximum Gasteiger partial charge on any atom is 0.0974 e. The molecule has 1 aliphatic heterocycles. The fraction of sp³-hybridized carbons (Fsp3) is 0.364. The van der Waals surface area contributed by atoms with E-state index in [1.807, 2.05) is 6.07 Å². The van der Waals surface area contributed by atoms with Crippen LogP contribution in [-0.2, 0) is 0 Å². The van der Waals surface area contributed by atoms with Gasteiger partial charge >= 0.3 is 0 Å². The van der Waals surface area contributed by atoms with E-state index in [4.69, 9.17) is 0 Å². The standard InChI is InChI=1S/C22H25N/c1-18-15-19(2)17-21(16-18)22(23-13-7-4-8-14-23)12-11-20-9-5-3-6-10-20/h3,5-6,9-10,15-17,22H,4,7-8,13-14H2,1-2H3. The number of piperidine rings is 1. The molecule has 0 bridgehead atoms. The molecule has 0 spiro atoms. The Morgan fingerprint density at radius 3 is 2.17 bits per heavy atom. The second-order valence-corrected chi connectivity index (χ2v) is 6.56. The predicted octanol–water partition coefficient (Wildman–Crippen LogP) is 4.88. The lowest BCUT2D eigenvalue weighted by atomic mass is 9.98. The first-order valence-electron chi connectivity index (χ1n) is 8.61. The third-order valence-electron chi connectivity index (χ3n) is 4.44. The number of nitrogens with zero attached hydrogens (tertiary/aromatic N) is 1. The van der Waals surface area contributed by atoms with Crippen molar-refractivity contribution in [3.63, 3.8) is 0 Å². The summed E-state index contributed by atoms with van der Waals surface area (Å²) in [6.07, 6.45) is 3.92. The average molecular weight is 303 g/mol. The monoisotopic (exact) mass is 303 g/mol.